The van der Waals surface area contributed by atoms with Crippen LogP contribution in [0.2, 0.25) is 0 Å². The van der Waals surface area contributed by atoms with Gasteiger partial charge in [0, 0.05) is 42.2 Å². The SMILES string of the molecule is CN(C)c1cc2nc(-c3ccsc3)oc2c2c1C[C@H]1C[C@H]3[C@H](N(C)C)C(=O)C(C(N)=O)=C(O)[C@@]3(O)C(=O)C1=C2O. The first kappa shape index (κ1) is 26.2. The number of primary amides is 1. The predicted molar refractivity (Wildman–Crippen MR) is 148 cm³/mol. The topological polar surface area (TPSA) is 170 Å². The van der Waals surface area contributed by atoms with E-state index >= 15 is 0 Å². The molecule has 0 bridgehead atoms. The normalized spacial score (nSPS) is 26.3. The number of hydrogen-bond acceptors (Lipinski definition) is 11. The number of Topliss-reactive ketones (excluding diaryl/α,β-unsaturated/α-hetero) is 2. The first-order valence-corrected chi connectivity index (χ1v) is 13.6. The summed E-state index contributed by atoms with van der Waals surface area (Å²) in [7, 11) is 6.89. The Bertz CT molecular complexity index is 1680. The quantitative estimate of drug-likeness (QED) is 0.344. The van der Waals surface area contributed by atoms with E-state index in [1.165, 1.54) is 16.2 Å². The van der Waals surface area contributed by atoms with Crippen LogP contribution in [-0.2, 0) is 20.8 Å². The number of hydrogen-bond donors (Lipinski definition) is 4. The van der Waals surface area contributed by atoms with Gasteiger partial charge in [-0.3, -0.25) is 19.3 Å². The zero-order valence-corrected chi connectivity index (χ0v) is 23.1. The number of amides is 1. The summed E-state index contributed by atoms with van der Waals surface area (Å²) >= 11 is 1.48. The zero-order valence-electron chi connectivity index (χ0n) is 22.3. The average Bonchev–Trinajstić information content (AvgIpc) is 3.55. The van der Waals surface area contributed by atoms with Gasteiger partial charge < -0.3 is 30.4 Å². The molecule has 0 radical (unpaired) electrons. The molecule has 2 aromatic heterocycles. The maximum atomic E-state index is 14.1. The number of aliphatic hydroxyl groups excluding tert-OH is 2. The number of oxazole rings is 1. The number of rotatable bonds is 4. The third kappa shape index (κ3) is 3.36. The van der Waals surface area contributed by atoms with Gasteiger partial charge in [0.15, 0.2) is 17.0 Å². The predicted octanol–water partition coefficient (Wildman–Crippen LogP) is 2.19. The maximum Gasteiger partial charge on any atom is 0.255 e. The molecule has 1 fully saturated rings. The number of benzene rings is 1. The fourth-order valence-electron chi connectivity index (χ4n) is 6.59. The van der Waals surface area contributed by atoms with Crippen molar-refractivity contribution in [3.63, 3.8) is 0 Å². The third-order valence-corrected chi connectivity index (χ3v) is 9.01. The number of ketones is 2. The summed E-state index contributed by atoms with van der Waals surface area (Å²) in [6.45, 7) is 0. The smallest absolute Gasteiger partial charge is 0.255 e. The van der Waals surface area contributed by atoms with Crippen LogP contribution < -0.4 is 10.6 Å². The second-order valence-corrected chi connectivity index (χ2v) is 11.8. The standard InChI is InChI=1S/C28H28N4O7S/c1-31(2)16-9-15-23(39-27(30-15)11-5-6-40-10-11)18-13(16)7-12-8-14-20(32(3)4)22(34)19(26(29)37)25(36)28(14,38)24(35)17(12)21(18)33/h5-6,9-10,12,14,20,33,36,38H,7-8H2,1-4H3,(H2,29,37)/t12-,14-,20-,28-/m0/s1. The number of carbonyl (C=O) groups is 3. The van der Waals surface area contributed by atoms with E-state index in [4.69, 9.17) is 10.2 Å². The number of thiophene rings is 1. The molecular weight excluding hydrogens is 536 g/mol. The minimum atomic E-state index is -2.63. The summed E-state index contributed by atoms with van der Waals surface area (Å²) in [6, 6.07) is 2.63. The Kier molecular flexibility index (Phi) is 5.74. The van der Waals surface area contributed by atoms with Crippen molar-refractivity contribution in [3.05, 3.63) is 50.9 Å². The fraction of sp³-hybridized carbons (Fsp3) is 0.357. The van der Waals surface area contributed by atoms with Crippen LogP contribution in [0.25, 0.3) is 28.3 Å². The molecule has 1 saturated carbocycles. The van der Waals surface area contributed by atoms with Gasteiger partial charge in [0.25, 0.3) is 5.91 Å². The Balaban J connectivity index is 1.61. The fourth-order valence-corrected chi connectivity index (χ4v) is 7.22. The zero-order chi connectivity index (χ0) is 28.8. The molecule has 4 atom stereocenters. The van der Waals surface area contributed by atoms with Crippen molar-refractivity contribution >= 4 is 51.4 Å². The van der Waals surface area contributed by atoms with Crippen LogP contribution in [0.3, 0.4) is 0 Å². The lowest BCUT2D eigenvalue weighted by atomic mass is 9.57. The van der Waals surface area contributed by atoms with Crippen molar-refractivity contribution in [1.82, 2.24) is 9.88 Å². The molecule has 3 aliphatic carbocycles. The monoisotopic (exact) mass is 564 g/mol. The van der Waals surface area contributed by atoms with Crippen LogP contribution >= 0.6 is 11.3 Å². The first-order chi connectivity index (χ1) is 18.9. The highest BCUT2D eigenvalue weighted by molar-refractivity contribution is 7.08. The number of anilines is 1. The summed E-state index contributed by atoms with van der Waals surface area (Å²) in [5, 5.41) is 38.4. The van der Waals surface area contributed by atoms with E-state index in [-0.39, 0.29) is 23.1 Å². The number of aliphatic hydroxyl groups is 3. The minimum absolute atomic E-state index is 0.0766. The van der Waals surface area contributed by atoms with Crippen LogP contribution in [0.4, 0.5) is 5.69 Å². The van der Waals surface area contributed by atoms with Crippen LogP contribution in [0, 0.1) is 11.8 Å². The van der Waals surface area contributed by atoms with E-state index in [1.54, 1.807) is 14.1 Å². The summed E-state index contributed by atoms with van der Waals surface area (Å²) in [5.74, 6) is -5.77. The molecule has 11 nitrogen and oxygen atoms in total. The van der Waals surface area contributed by atoms with Crippen molar-refractivity contribution in [2.24, 2.45) is 17.6 Å². The summed E-state index contributed by atoms with van der Waals surface area (Å²) in [6.07, 6.45) is 0.375. The minimum Gasteiger partial charge on any atom is -0.508 e. The number of nitrogens with zero attached hydrogens (tertiary/aromatic N) is 3. The Hall–Kier alpha value is -4.00. The number of aromatic nitrogens is 1. The molecular formula is C28H28N4O7S. The molecule has 3 aromatic rings. The number of nitrogens with two attached hydrogens (primary N) is 1. The number of likely N-dealkylation sites (N-methyl/N-ethyl adjacent to an activating group) is 1. The molecule has 12 heteroatoms. The van der Waals surface area contributed by atoms with Gasteiger partial charge in [0.1, 0.15) is 22.6 Å². The molecule has 0 spiro atoms. The lowest BCUT2D eigenvalue weighted by Gasteiger charge is -2.50. The summed E-state index contributed by atoms with van der Waals surface area (Å²) < 4.78 is 6.13. The Labute approximate surface area is 232 Å². The second kappa shape index (κ2) is 8.75. The Morgan fingerprint density at radius 1 is 1.23 bits per heavy atom. The highest BCUT2D eigenvalue weighted by atomic mass is 32.1. The molecule has 1 aromatic carbocycles. The maximum absolute atomic E-state index is 14.1. The molecule has 1 amide bonds. The van der Waals surface area contributed by atoms with Crippen LogP contribution in [-0.4, -0.2) is 82.5 Å². The molecule has 0 aliphatic heterocycles. The molecule has 2 heterocycles. The Morgan fingerprint density at radius 3 is 2.55 bits per heavy atom. The Morgan fingerprint density at radius 2 is 1.95 bits per heavy atom. The molecule has 208 valence electrons. The van der Waals surface area contributed by atoms with Crippen LogP contribution in [0.5, 0.6) is 0 Å². The van der Waals surface area contributed by atoms with Crippen LogP contribution in [0.1, 0.15) is 17.5 Å². The lowest BCUT2D eigenvalue weighted by molar-refractivity contribution is -0.153. The molecule has 5 N–H and O–H groups in total. The van der Waals surface area contributed by atoms with Crippen molar-refractivity contribution in [1.29, 1.82) is 0 Å². The van der Waals surface area contributed by atoms with Gasteiger partial charge in [0.05, 0.1) is 11.6 Å². The largest absolute Gasteiger partial charge is 0.508 e. The van der Waals surface area contributed by atoms with Gasteiger partial charge in [-0.1, -0.05) is 0 Å². The van der Waals surface area contributed by atoms with Gasteiger partial charge in [-0.2, -0.15) is 11.3 Å². The first-order valence-electron chi connectivity index (χ1n) is 12.7. The van der Waals surface area contributed by atoms with Gasteiger partial charge in [-0.05, 0) is 55.9 Å². The van der Waals surface area contributed by atoms with E-state index in [1.807, 2.05) is 41.9 Å². The summed E-state index contributed by atoms with van der Waals surface area (Å²) in [4.78, 5) is 47.6. The number of carbonyl (C=O) groups excluding carboxylic acids is 3. The van der Waals surface area contributed by atoms with Crippen LogP contribution in [0.15, 0.2) is 44.2 Å². The highest BCUT2D eigenvalue weighted by Gasteiger charge is 2.64. The average molecular weight is 565 g/mol. The third-order valence-electron chi connectivity index (χ3n) is 8.33. The molecule has 40 heavy (non-hydrogen) atoms. The van der Waals surface area contributed by atoms with E-state index < -0.39 is 58.0 Å². The van der Waals surface area contributed by atoms with E-state index in [9.17, 15) is 29.7 Å². The molecule has 3 aliphatic rings. The number of fused-ring (bicyclic) bond motifs is 5. The van der Waals surface area contributed by atoms with Crippen molar-refractivity contribution in [2.75, 3.05) is 33.1 Å². The summed E-state index contributed by atoms with van der Waals surface area (Å²) in [5.41, 5.74) is 5.18. The molecule has 0 unspecified atom stereocenters. The van der Waals surface area contributed by atoms with Gasteiger partial charge in [-0.15, -0.1) is 0 Å². The van der Waals surface area contributed by atoms with Crippen molar-refractivity contribution in [3.8, 4) is 11.5 Å². The molecule has 6 rings (SSSR count). The highest BCUT2D eigenvalue weighted by Crippen LogP contribution is 2.53. The van der Waals surface area contributed by atoms with E-state index in [0.29, 0.717) is 17.8 Å². The molecule has 0 saturated heterocycles. The van der Waals surface area contributed by atoms with E-state index in [0.717, 1.165) is 16.8 Å². The second-order valence-electron chi connectivity index (χ2n) is 11.0. The van der Waals surface area contributed by atoms with Gasteiger partial charge >= 0.3 is 0 Å². The lowest BCUT2D eigenvalue weighted by Crippen LogP contribution is -2.65. The van der Waals surface area contributed by atoms with Gasteiger partial charge in [-0.25, -0.2) is 4.98 Å². The van der Waals surface area contributed by atoms with Crippen molar-refractivity contribution in [2.45, 2.75) is 24.5 Å². The van der Waals surface area contributed by atoms with Crippen molar-refractivity contribution < 1.29 is 34.1 Å². The van der Waals surface area contributed by atoms with Gasteiger partial charge in [0.2, 0.25) is 11.7 Å². The van der Waals surface area contributed by atoms with E-state index in [2.05, 4.69) is 4.98 Å².